The molecule has 1 aromatic heterocycles. The SMILES string of the molecule is c1ccc(-c2ccc(N(Cc3ccccc3-c3ccc(-n4c5ccccc5c5c6c(-c7ccccc7)cccc6ccc54)cc3)c3ccccc3)c3ccccc23)cc1. The second-order valence-electron chi connectivity index (χ2n) is 15.3. The molecule has 11 aromatic rings. The number of nitrogens with zero attached hydrogens (tertiary/aromatic N) is 2. The normalized spacial score (nSPS) is 11.5. The maximum atomic E-state index is 2.47. The lowest BCUT2D eigenvalue weighted by atomic mass is 9.94. The number of hydrogen-bond donors (Lipinski definition) is 0. The van der Waals surface area contributed by atoms with Crippen LogP contribution in [-0.2, 0) is 6.54 Å². The van der Waals surface area contributed by atoms with Gasteiger partial charge in [0, 0.05) is 39.8 Å². The van der Waals surface area contributed by atoms with E-state index in [1.54, 1.807) is 0 Å². The first-order chi connectivity index (χ1) is 29.3. The summed E-state index contributed by atoms with van der Waals surface area (Å²) in [5.74, 6) is 0. The summed E-state index contributed by atoms with van der Waals surface area (Å²) in [6.07, 6.45) is 0. The zero-order valence-corrected chi connectivity index (χ0v) is 32.5. The van der Waals surface area contributed by atoms with Gasteiger partial charge in [0.1, 0.15) is 0 Å². The molecule has 0 aliphatic carbocycles. The Morgan fingerprint density at radius 2 is 0.932 bits per heavy atom. The topological polar surface area (TPSA) is 8.17 Å². The van der Waals surface area contributed by atoms with Crippen molar-refractivity contribution in [3.8, 4) is 39.1 Å². The summed E-state index contributed by atoms with van der Waals surface area (Å²) < 4.78 is 2.43. The van der Waals surface area contributed by atoms with Crippen LogP contribution >= 0.6 is 0 Å². The molecule has 0 radical (unpaired) electrons. The molecular formula is C57H40N2. The molecule has 0 bridgehead atoms. The molecule has 278 valence electrons. The number of aromatic nitrogens is 1. The van der Waals surface area contributed by atoms with Crippen LogP contribution in [0.15, 0.2) is 231 Å². The minimum atomic E-state index is 0.709. The molecule has 0 N–H and O–H groups in total. The Hall–Kier alpha value is -7.68. The molecule has 10 aromatic carbocycles. The second-order valence-corrected chi connectivity index (χ2v) is 15.3. The van der Waals surface area contributed by atoms with Crippen molar-refractivity contribution in [2.45, 2.75) is 6.54 Å². The Balaban J connectivity index is 1.01. The average molecular weight is 753 g/mol. The summed E-state index contributed by atoms with van der Waals surface area (Å²) in [4.78, 5) is 2.47. The van der Waals surface area contributed by atoms with E-state index in [0.29, 0.717) is 6.54 Å². The van der Waals surface area contributed by atoms with E-state index in [2.05, 4.69) is 240 Å². The molecule has 0 saturated carbocycles. The predicted octanol–water partition coefficient (Wildman–Crippen LogP) is 15.4. The predicted molar refractivity (Wildman–Crippen MR) is 251 cm³/mol. The fourth-order valence-corrected chi connectivity index (χ4v) is 9.19. The van der Waals surface area contributed by atoms with Crippen LogP contribution in [0.2, 0.25) is 0 Å². The highest BCUT2D eigenvalue weighted by Gasteiger charge is 2.20. The summed E-state index contributed by atoms with van der Waals surface area (Å²) in [5.41, 5.74) is 14.5. The zero-order valence-electron chi connectivity index (χ0n) is 32.5. The Labute approximate surface area is 344 Å². The lowest BCUT2D eigenvalue weighted by Gasteiger charge is -2.28. The molecule has 0 aliphatic heterocycles. The summed E-state index contributed by atoms with van der Waals surface area (Å²) in [7, 11) is 0. The van der Waals surface area contributed by atoms with Gasteiger partial charge in [0.25, 0.3) is 0 Å². The summed E-state index contributed by atoms with van der Waals surface area (Å²) in [5, 5.41) is 7.57. The summed E-state index contributed by atoms with van der Waals surface area (Å²) >= 11 is 0. The van der Waals surface area contributed by atoms with Crippen LogP contribution in [0.25, 0.3) is 82.4 Å². The number of rotatable bonds is 8. The fourth-order valence-electron chi connectivity index (χ4n) is 9.19. The average Bonchev–Trinajstić information content (AvgIpc) is 3.66. The highest BCUT2D eigenvalue weighted by Crippen LogP contribution is 2.42. The van der Waals surface area contributed by atoms with E-state index in [1.165, 1.54) is 88.0 Å². The third-order valence-corrected chi connectivity index (χ3v) is 11.9. The van der Waals surface area contributed by atoms with Gasteiger partial charge in [-0.15, -0.1) is 0 Å². The summed E-state index contributed by atoms with van der Waals surface area (Å²) in [6.45, 7) is 0.709. The number of benzene rings is 10. The van der Waals surface area contributed by atoms with Crippen molar-refractivity contribution in [3.63, 3.8) is 0 Å². The van der Waals surface area contributed by atoms with E-state index in [4.69, 9.17) is 0 Å². The Bertz CT molecular complexity index is 3270. The third-order valence-electron chi connectivity index (χ3n) is 11.9. The van der Waals surface area contributed by atoms with Gasteiger partial charge in [-0.1, -0.05) is 188 Å². The maximum absolute atomic E-state index is 2.47. The van der Waals surface area contributed by atoms with Crippen LogP contribution in [0, 0.1) is 0 Å². The van der Waals surface area contributed by atoms with E-state index < -0.39 is 0 Å². The highest BCUT2D eigenvalue weighted by atomic mass is 15.1. The molecule has 0 unspecified atom stereocenters. The van der Waals surface area contributed by atoms with E-state index in [9.17, 15) is 0 Å². The smallest absolute Gasteiger partial charge is 0.0547 e. The number of anilines is 2. The molecule has 0 aliphatic rings. The quantitative estimate of drug-likeness (QED) is 0.150. The Kier molecular flexibility index (Phi) is 8.60. The van der Waals surface area contributed by atoms with Crippen LogP contribution in [0.4, 0.5) is 11.4 Å². The number of fused-ring (bicyclic) bond motifs is 6. The lowest BCUT2D eigenvalue weighted by Crippen LogP contribution is -2.17. The van der Waals surface area contributed by atoms with Crippen LogP contribution in [0.1, 0.15) is 5.56 Å². The molecule has 1 heterocycles. The van der Waals surface area contributed by atoms with Gasteiger partial charge in [-0.05, 0) is 97.6 Å². The maximum Gasteiger partial charge on any atom is 0.0547 e. The third kappa shape index (κ3) is 6.05. The van der Waals surface area contributed by atoms with Gasteiger partial charge in [-0.25, -0.2) is 0 Å². The van der Waals surface area contributed by atoms with Crippen molar-refractivity contribution < 1.29 is 0 Å². The molecular weight excluding hydrogens is 713 g/mol. The molecule has 59 heavy (non-hydrogen) atoms. The van der Waals surface area contributed by atoms with Crippen molar-refractivity contribution in [2.24, 2.45) is 0 Å². The molecule has 0 fully saturated rings. The van der Waals surface area contributed by atoms with Crippen molar-refractivity contribution in [3.05, 3.63) is 236 Å². The zero-order chi connectivity index (χ0) is 39.1. The second kappa shape index (κ2) is 14.7. The number of hydrogen-bond acceptors (Lipinski definition) is 1. The standard InChI is InChI=1S/C57H40N2/c1-4-17-40(18-5-1)48-36-38-53(51-27-13-12-26-50(48)51)58(45-23-8-3-9-24-45)39-44-21-10-11-25-47(44)42-31-34-46(35-32-42)59-54-30-15-14-28-52(54)57-55(59)37-33-43-22-16-29-49(56(43)57)41-19-6-2-7-20-41/h1-38H,39H2. The molecule has 0 saturated heterocycles. The Morgan fingerprint density at radius 3 is 1.69 bits per heavy atom. The molecule has 2 heteroatoms. The van der Waals surface area contributed by atoms with Crippen molar-refractivity contribution in [2.75, 3.05) is 4.90 Å². The molecule has 11 rings (SSSR count). The molecule has 0 atom stereocenters. The minimum absolute atomic E-state index is 0.709. The first-order valence-corrected chi connectivity index (χ1v) is 20.4. The first-order valence-electron chi connectivity index (χ1n) is 20.4. The largest absolute Gasteiger partial charge is 0.336 e. The van der Waals surface area contributed by atoms with Crippen LogP contribution in [0.3, 0.4) is 0 Å². The van der Waals surface area contributed by atoms with Crippen molar-refractivity contribution in [1.82, 2.24) is 4.57 Å². The van der Waals surface area contributed by atoms with E-state index in [0.717, 1.165) is 11.4 Å². The minimum Gasteiger partial charge on any atom is -0.336 e. The van der Waals surface area contributed by atoms with Gasteiger partial charge in [0.15, 0.2) is 0 Å². The van der Waals surface area contributed by atoms with Gasteiger partial charge in [-0.2, -0.15) is 0 Å². The number of para-hydroxylation sites is 2. The van der Waals surface area contributed by atoms with Gasteiger partial charge >= 0.3 is 0 Å². The molecule has 0 spiro atoms. The fraction of sp³-hybridized carbons (Fsp3) is 0.0175. The van der Waals surface area contributed by atoms with Gasteiger partial charge in [0.05, 0.1) is 11.0 Å². The van der Waals surface area contributed by atoms with E-state index in [-0.39, 0.29) is 0 Å². The van der Waals surface area contributed by atoms with E-state index in [1.807, 2.05) is 0 Å². The lowest BCUT2D eigenvalue weighted by molar-refractivity contribution is 0.982. The molecule has 2 nitrogen and oxygen atoms in total. The molecule has 0 amide bonds. The van der Waals surface area contributed by atoms with Crippen molar-refractivity contribution in [1.29, 1.82) is 0 Å². The van der Waals surface area contributed by atoms with Crippen LogP contribution in [-0.4, -0.2) is 4.57 Å². The first kappa shape index (κ1) is 34.6. The van der Waals surface area contributed by atoms with Gasteiger partial charge in [0.2, 0.25) is 0 Å². The Morgan fingerprint density at radius 1 is 0.339 bits per heavy atom. The van der Waals surface area contributed by atoms with Gasteiger partial charge < -0.3 is 9.47 Å². The summed E-state index contributed by atoms with van der Waals surface area (Å²) in [6, 6.07) is 83.8. The van der Waals surface area contributed by atoms with E-state index >= 15 is 0 Å². The van der Waals surface area contributed by atoms with Crippen molar-refractivity contribution >= 4 is 54.7 Å². The van der Waals surface area contributed by atoms with Gasteiger partial charge in [-0.3, -0.25) is 0 Å². The monoisotopic (exact) mass is 752 g/mol. The van der Waals surface area contributed by atoms with Crippen LogP contribution < -0.4 is 4.90 Å². The van der Waals surface area contributed by atoms with Crippen LogP contribution in [0.5, 0.6) is 0 Å². The highest BCUT2D eigenvalue weighted by molar-refractivity contribution is 6.25.